The van der Waals surface area contributed by atoms with Crippen molar-refractivity contribution >= 4 is 22.7 Å². The highest BCUT2D eigenvalue weighted by molar-refractivity contribution is 6.13. The molecule has 2 aromatic rings. The van der Waals surface area contributed by atoms with E-state index in [1.54, 1.807) is 6.92 Å². The maximum absolute atomic E-state index is 12.4. The van der Waals surface area contributed by atoms with Gasteiger partial charge in [0.05, 0.1) is 12.1 Å². The molecule has 1 aromatic heterocycles. The van der Waals surface area contributed by atoms with Crippen LogP contribution in [0.5, 0.6) is 5.75 Å². The van der Waals surface area contributed by atoms with E-state index in [0.29, 0.717) is 16.5 Å². The van der Waals surface area contributed by atoms with E-state index in [9.17, 15) is 19.8 Å². The molecule has 0 aliphatic rings. The Kier molecular flexibility index (Phi) is 3.98. The van der Waals surface area contributed by atoms with E-state index in [1.807, 2.05) is 20.8 Å². The Morgan fingerprint density at radius 3 is 2.45 bits per heavy atom. The molecule has 6 nitrogen and oxygen atoms in total. The van der Waals surface area contributed by atoms with Gasteiger partial charge in [0.15, 0.2) is 5.78 Å². The van der Waals surface area contributed by atoms with Gasteiger partial charge in [0, 0.05) is 16.5 Å². The first-order valence-electron chi connectivity index (χ1n) is 6.97. The van der Waals surface area contributed by atoms with Gasteiger partial charge in [-0.3, -0.25) is 4.79 Å². The lowest BCUT2D eigenvalue weighted by molar-refractivity contribution is 0.0690. The number of ketones is 1. The number of carbonyl (C=O) groups is 2. The molecule has 0 spiro atoms. The van der Waals surface area contributed by atoms with Gasteiger partial charge >= 0.3 is 5.97 Å². The minimum absolute atomic E-state index is 0.0191. The number of aromatic nitrogens is 1. The fraction of sp³-hybridized carbons (Fsp3) is 0.375. The average Bonchev–Trinajstić information content (AvgIpc) is 2.75. The number of fused-ring (bicyclic) bond motifs is 1. The monoisotopic (exact) mass is 304 g/mol. The minimum atomic E-state index is -1.13. The first-order chi connectivity index (χ1) is 10.1. The van der Waals surface area contributed by atoms with Crippen LogP contribution < -0.4 is 5.32 Å². The Morgan fingerprint density at radius 1 is 1.27 bits per heavy atom. The van der Waals surface area contributed by atoms with Gasteiger partial charge in [-0.25, -0.2) is 4.79 Å². The molecule has 0 aliphatic heterocycles. The maximum Gasteiger partial charge on any atom is 0.352 e. The van der Waals surface area contributed by atoms with Crippen molar-refractivity contribution < 1.29 is 19.8 Å². The third kappa shape index (κ3) is 2.96. The molecule has 22 heavy (non-hydrogen) atoms. The number of rotatable bonds is 4. The molecule has 0 aliphatic carbocycles. The maximum atomic E-state index is 12.4. The number of benzene rings is 1. The summed E-state index contributed by atoms with van der Waals surface area (Å²) in [5, 5.41) is 22.7. The second-order valence-electron chi connectivity index (χ2n) is 6.34. The zero-order valence-corrected chi connectivity index (χ0v) is 13.1. The van der Waals surface area contributed by atoms with Crippen LogP contribution in [0.3, 0.4) is 0 Å². The van der Waals surface area contributed by atoms with Crippen molar-refractivity contribution in [3.05, 3.63) is 29.0 Å². The van der Waals surface area contributed by atoms with E-state index in [2.05, 4.69) is 10.3 Å². The number of H-pyrrole nitrogens is 1. The van der Waals surface area contributed by atoms with Gasteiger partial charge in [-0.2, -0.15) is 0 Å². The molecule has 0 radical (unpaired) electrons. The summed E-state index contributed by atoms with van der Waals surface area (Å²) < 4.78 is 0. The van der Waals surface area contributed by atoms with Crippen molar-refractivity contribution in [3.8, 4) is 5.75 Å². The van der Waals surface area contributed by atoms with Crippen LogP contribution in [0.1, 0.15) is 47.2 Å². The van der Waals surface area contributed by atoms with Crippen LogP contribution in [0, 0.1) is 6.92 Å². The summed E-state index contributed by atoms with van der Waals surface area (Å²) in [6, 6.07) is 2.92. The first kappa shape index (κ1) is 16.0. The second-order valence-corrected chi connectivity index (χ2v) is 6.34. The summed E-state index contributed by atoms with van der Waals surface area (Å²) in [7, 11) is 0. The quantitative estimate of drug-likeness (QED) is 0.650. The number of carbonyl (C=O) groups excluding carboxylic acids is 1. The molecule has 0 unspecified atom stereocenters. The molecule has 1 heterocycles. The molecule has 118 valence electrons. The predicted octanol–water partition coefficient (Wildman–Crippen LogP) is 2.45. The minimum Gasteiger partial charge on any atom is -0.506 e. The molecule has 4 N–H and O–H groups in total. The summed E-state index contributed by atoms with van der Waals surface area (Å²) in [5.74, 6) is -1.36. The Labute approximate surface area is 128 Å². The van der Waals surface area contributed by atoms with Gasteiger partial charge in [0.2, 0.25) is 0 Å². The zero-order valence-electron chi connectivity index (χ0n) is 13.1. The summed E-state index contributed by atoms with van der Waals surface area (Å²) in [6.45, 7) is 7.62. The van der Waals surface area contributed by atoms with Crippen LogP contribution in [0.15, 0.2) is 12.1 Å². The largest absolute Gasteiger partial charge is 0.506 e. The number of carboxylic acid groups (broad SMARTS) is 1. The normalized spacial score (nSPS) is 11.8. The van der Waals surface area contributed by atoms with E-state index in [0.717, 1.165) is 0 Å². The van der Waals surface area contributed by atoms with Crippen LogP contribution in [0.4, 0.5) is 0 Å². The second kappa shape index (κ2) is 5.46. The fourth-order valence-electron chi connectivity index (χ4n) is 2.34. The standard InChI is InChI=1S/C16H20N2O4/c1-8-12-9(11(20)7-17-16(2,3)4)5-6-10(19)14(12)18-13(8)15(21)22/h5-6,17-19H,7H2,1-4H3,(H,21,22). The van der Waals surface area contributed by atoms with E-state index < -0.39 is 5.97 Å². The van der Waals surface area contributed by atoms with Gasteiger partial charge in [0.25, 0.3) is 0 Å². The topological polar surface area (TPSA) is 102 Å². The Morgan fingerprint density at radius 2 is 1.91 bits per heavy atom. The van der Waals surface area contributed by atoms with Gasteiger partial charge in [-0.1, -0.05) is 0 Å². The zero-order chi connectivity index (χ0) is 16.7. The van der Waals surface area contributed by atoms with Gasteiger partial charge in [-0.15, -0.1) is 0 Å². The smallest absolute Gasteiger partial charge is 0.352 e. The predicted molar refractivity (Wildman–Crippen MR) is 83.7 cm³/mol. The molecule has 0 atom stereocenters. The molecule has 2 rings (SSSR count). The molecule has 0 saturated carbocycles. The van der Waals surface area contributed by atoms with Crippen LogP contribution >= 0.6 is 0 Å². The lowest BCUT2D eigenvalue weighted by Crippen LogP contribution is -2.39. The number of nitrogens with one attached hydrogen (secondary N) is 2. The molecule has 0 fully saturated rings. The number of aryl methyl sites for hydroxylation is 1. The summed E-state index contributed by atoms with van der Waals surface area (Å²) in [5.41, 5.74) is 0.889. The lowest BCUT2D eigenvalue weighted by atomic mass is 10.0. The number of phenols is 1. The van der Waals surface area contributed by atoms with Gasteiger partial charge in [-0.05, 0) is 45.4 Å². The number of aromatic hydroxyl groups is 1. The van der Waals surface area contributed by atoms with Crippen LogP contribution in [-0.2, 0) is 0 Å². The Hall–Kier alpha value is -2.34. The molecule has 0 bridgehead atoms. The third-order valence-corrected chi connectivity index (χ3v) is 3.48. The molecular weight excluding hydrogens is 284 g/mol. The van der Waals surface area contributed by atoms with Crippen molar-refractivity contribution in [1.82, 2.24) is 10.3 Å². The summed E-state index contributed by atoms with van der Waals surface area (Å²) in [4.78, 5) is 26.4. The highest BCUT2D eigenvalue weighted by atomic mass is 16.4. The van der Waals surface area contributed by atoms with Crippen molar-refractivity contribution in [3.63, 3.8) is 0 Å². The third-order valence-electron chi connectivity index (χ3n) is 3.48. The summed E-state index contributed by atoms with van der Waals surface area (Å²) in [6.07, 6.45) is 0. The number of hydrogen-bond donors (Lipinski definition) is 4. The van der Waals surface area contributed by atoms with Crippen molar-refractivity contribution in [1.29, 1.82) is 0 Å². The Bertz CT molecular complexity index is 754. The number of hydrogen-bond acceptors (Lipinski definition) is 4. The Balaban J connectivity index is 2.53. The fourth-order valence-corrected chi connectivity index (χ4v) is 2.34. The van der Waals surface area contributed by atoms with Crippen LogP contribution in [0.25, 0.3) is 10.9 Å². The number of carboxylic acids is 1. The number of Topliss-reactive ketones (excluding diaryl/α,β-unsaturated/α-hetero) is 1. The molecule has 0 saturated heterocycles. The first-order valence-corrected chi connectivity index (χ1v) is 6.97. The molecule has 6 heteroatoms. The van der Waals surface area contributed by atoms with Crippen LogP contribution in [-0.4, -0.2) is 39.0 Å². The van der Waals surface area contributed by atoms with E-state index in [-0.39, 0.29) is 34.8 Å². The van der Waals surface area contributed by atoms with Crippen molar-refractivity contribution in [2.45, 2.75) is 33.2 Å². The van der Waals surface area contributed by atoms with Gasteiger partial charge < -0.3 is 20.5 Å². The number of phenolic OH excluding ortho intramolecular Hbond substituents is 1. The molecule has 0 amide bonds. The number of aromatic amines is 1. The van der Waals surface area contributed by atoms with Gasteiger partial charge in [0.1, 0.15) is 11.4 Å². The van der Waals surface area contributed by atoms with E-state index >= 15 is 0 Å². The average molecular weight is 304 g/mol. The highest BCUT2D eigenvalue weighted by Crippen LogP contribution is 2.32. The van der Waals surface area contributed by atoms with Crippen molar-refractivity contribution in [2.75, 3.05) is 6.54 Å². The molecule has 1 aromatic carbocycles. The van der Waals surface area contributed by atoms with Crippen molar-refractivity contribution in [2.24, 2.45) is 0 Å². The highest BCUT2D eigenvalue weighted by Gasteiger charge is 2.22. The summed E-state index contributed by atoms with van der Waals surface area (Å²) >= 11 is 0. The van der Waals surface area contributed by atoms with E-state index in [4.69, 9.17) is 0 Å². The van der Waals surface area contributed by atoms with E-state index in [1.165, 1.54) is 12.1 Å². The number of aromatic carboxylic acids is 1. The molecular formula is C16H20N2O4. The SMILES string of the molecule is Cc1c(C(=O)O)[nH]c2c(O)ccc(C(=O)CNC(C)(C)C)c12. The van der Waals surface area contributed by atoms with Crippen LogP contribution in [0.2, 0.25) is 0 Å². The lowest BCUT2D eigenvalue weighted by Gasteiger charge is -2.20.